The number of halogens is 1. The molecule has 0 radical (unpaired) electrons. The highest BCUT2D eigenvalue weighted by atomic mass is 35.5. The largest absolute Gasteiger partial charge is 0.482 e. The number of aliphatic hydroxyl groups excluding tert-OH is 1. The van der Waals surface area contributed by atoms with E-state index < -0.39 is 18.7 Å². The molecule has 126 valence electrons. The molecule has 1 saturated carbocycles. The van der Waals surface area contributed by atoms with Gasteiger partial charge in [-0.2, -0.15) is 0 Å². The molecule has 2 atom stereocenters. The molecule has 0 bridgehead atoms. The summed E-state index contributed by atoms with van der Waals surface area (Å²) in [6.45, 7) is 3.56. The van der Waals surface area contributed by atoms with E-state index in [1.165, 1.54) is 12.8 Å². The second-order valence-corrected chi connectivity index (χ2v) is 7.51. The molecule has 2 unspecified atom stereocenters. The minimum Gasteiger partial charge on any atom is -0.482 e. The van der Waals surface area contributed by atoms with Crippen LogP contribution in [0.2, 0.25) is 5.02 Å². The Labute approximate surface area is 141 Å². The lowest BCUT2D eigenvalue weighted by Crippen LogP contribution is -2.30. The van der Waals surface area contributed by atoms with Gasteiger partial charge in [-0.05, 0) is 43.7 Å². The van der Waals surface area contributed by atoms with Gasteiger partial charge in [-0.1, -0.05) is 31.4 Å². The highest BCUT2D eigenvalue weighted by Gasteiger charge is 2.48. The van der Waals surface area contributed by atoms with Crippen LogP contribution in [0, 0.1) is 18.3 Å². The predicted octanol–water partition coefficient (Wildman–Crippen LogP) is 3.90. The molecule has 0 aromatic heterocycles. The van der Waals surface area contributed by atoms with Crippen molar-refractivity contribution >= 4 is 17.6 Å². The normalized spacial score (nSPS) is 27.2. The number of benzene rings is 1. The van der Waals surface area contributed by atoms with Crippen LogP contribution in [-0.4, -0.2) is 22.8 Å². The first-order valence-electron chi connectivity index (χ1n) is 8.19. The summed E-state index contributed by atoms with van der Waals surface area (Å²) < 4.78 is 5.37. The first-order chi connectivity index (χ1) is 10.8. The Balaban J connectivity index is 1.96. The van der Waals surface area contributed by atoms with Crippen LogP contribution in [0.15, 0.2) is 6.07 Å². The second-order valence-electron chi connectivity index (χ2n) is 7.14. The lowest BCUT2D eigenvalue weighted by Gasteiger charge is -2.35. The smallest absolute Gasteiger partial charge is 0.341 e. The SMILES string of the molecule is Cc1c(OCC(=O)O)cc2c(c1Cl)C(O)C(C)(C1CCCC1)C2. The van der Waals surface area contributed by atoms with Crippen molar-refractivity contribution in [3.8, 4) is 5.75 Å². The Hall–Kier alpha value is -1.26. The maximum atomic E-state index is 11.0. The molecular weight excluding hydrogens is 316 g/mol. The average Bonchev–Trinajstić information content (AvgIpc) is 3.10. The van der Waals surface area contributed by atoms with Crippen molar-refractivity contribution in [1.29, 1.82) is 0 Å². The average molecular weight is 339 g/mol. The highest BCUT2D eigenvalue weighted by molar-refractivity contribution is 6.32. The van der Waals surface area contributed by atoms with Crippen LogP contribution >= 0.6 is 11.6 Å². The van der Waals surface area contributed by atoms with Crippen LogP contribution in [0.3, 0.4) is 0 Å². The molecule has 5 heteroatoms. The first-order valence-corrected chi connectivity index (χ1v) is 8.57. The number of carbonyl (C=O) groups is 1. The topological polar surface area (TPSA) is 66.8 Å². The number of ether oxygens (including phenoxy) is 1. The summed E-state index contributed by atoms with van der Waals surface area (Å²) in [6, 6.07) is 1.86. The number of fused-ring (bicyclic) bond motifs is 1. The number of aliphatic carboxylic acids is 1. The van der Waals surface area contributed by atoms with E-state index in [-0.39, 0.29) is 5.41 Å². The molecule has 0 aliphatic heterocycles. The van der Waals surface area contributed by atoms with Crippen molar-refractivity contribution in [3.63, 3.8) is 0 Å². The van der Waals surface area contributed by atoms with E-state index in [0.717, 1.165) is 30.4 Å². The maximum Gasteiger partial charge on any atom is 0.341 e. The van der Waals surface area contributed by atoms with Gasteiger partial charge in [-0.25, -0.2) is 4.79 Å². The zero-order valence-corrected chi connectivity index (χ0v) is 14.3. The van der Waals surface area contributed by atoms with Crippen molar-refractivity contribution in [1.82, 2.24) is 0 Å². The van der Waals surface area contributed by atoms with Crippen molar-refractivity contribution < 1.29 is 19.7 Å². The number of carboxylic acids is 1. The summed E-state index contributed by atoms with van der Waals surface area (Å²) in [7, 11) is 0. The van der Waals surface area contributed by atoms with Crippen molar-refractivity contribution in [2.24, 2.45) is 11.3 Å². The summed E-state index contributed by atoms with van der Waals surface area (Å²) in [5.41, 5.74) is 2.30. The number of hydrogen-bond donors (Lipinski definition) is 2. The van der Waals surface area contributed by atoms with Gasteiger partial charge in [0.2, 0.25) is 0 Å². The molecule has 2 N–H and O–H groups in total. The molecule has 2 aliphatic carbocycles. The lowest BCUT2D eigenvalue weighted by molar-refractivity contribution is -0.139. The fourth-order valence-corrected chi connectivity index (χ4v) is 4.63. The van der Waals surface area contributed by atoms with Crippen LogP contribution in [0.4, 0.5) is 0 Å². The zero-order chi connectivity index (χ0) is 16.8. The van der Waals surface area contributed by atoms with Gasteiger partial charge in [0, 0.05) is 16.5 Å². The summed E-state index contributed by atoms with van der Waals surface area (Å²) in [5, 5.41) is 20.3. The molecule has 23 heavy (non-hydrogen) atoms. The van der Waals surface area contributed by atoms with Crippen LogP contribution in [-0.2, 0) is 11.2 Å². The van der Waals surface area contributed by atoms with Crippen molar-refractivity contribution in [2.75, 3.05) is 6.61 Å². The van der Waals surface area contributed by atoms with E-state index in [1.807, 2.05) is 6.07 Å². The second kappa shape index (κ2) is 5.99. The van der Waals surface area contributed by atoms with E-state index in [0.29, 0.717) is 22.3 Å². The fourth-order valence-electron chi connectivity index (χ4n) is 4.32. The van der Waals surface area contributed by atoms with E-state index in [9.17, 15) is 9.90 Å². The lowest BCUT2D eigenvalue weighted by atomic mass is 9.72. The van der Waals surface area contributed by atoms with E-state index in [4.69, 9.17) is 21.4 Å². The molecule has 1 fully saturated rings. The third-order valence-corrected chi connectivity index (χ3v) is 6.18. The van der Waals surface area contributed by atoms with Gasteiger partial charge in [0.25, 0.3) is 0 Å². The fraction of sp³-hybridized carbons (Fsp3) is 0.611. The number of carboxylic acid groups (broad SMARTS) is 1. The molecule has 0 amide bonds. The van der Waals surface area contributed by atoms with Gasteiger partial charge in [0.05, 0.1) is 11.1 Å². The van der Waals surface area contributed by atoms with Gasteiger partial charge >= 0.3 is 5.97 Å². The first kappa shape index (κ1) is 16.6. The van der Waals surface area contributed by atoms with E-state index >= 15 is 0 Å². The number of hydrogen-bond acceptors (Lipinski definition) is 3. The van der Waals surface area contributed by atoms with Crippen LogP contribution in [0.5, 0.6) is 5.75 Å². The van der Waals surface area contributed by atoms with Gasteiger partial charge in [0.1, 0.15) is 5.75 Å². The molecule has 2 aliphatic rings. The molecule has 3 rings (SSSR count). The standard InChI is InChI=1S/C18H23ClO4/c1-10-13(23-9-14(20)21)7-11-8-18(2,12-5-3-4-6-12)17(22)15(11)16(10)19/h7,12,17,22H,3-6,8-9H2,1-2H3,(H,20,21). The van der Waals surface area contributed by atoms with E-state index in [2.05, 4.69) is 6.92 Å². The Morgan fingerprint density at radius 3 is 2.70 bits per heavy atom. The molecule has 0 heterocycles. The van der Waals surface area contributed by atoms with Crippen LogP contribution in [0.25, 0.3) is 0 Å². The molecule has 0 spiro atoms. The molecule has 1 aromatic rings. The Kier molecular flexibility index (Phi) is 4.32. The zero-order valence-electron chi connectivity index (χ0n) is 13.6. The Morgan fingerprint density at radius 2 is 2.09 bits per heavy atom. The Morgan fingerprint density at radius 1 is 1.43 bits per heavy atom. The van der Waals surface area contributed by atoms with Crippen molar-refractivity contribution in [2.45, 2.75) is 52.1 Å². The number of rotatable bonds is 4. The molecule has 1 aromatic carbocycles. The molecule has 4 nitrogen and oxygen atoms in total. The monoisotopic (exact) mass is 338 g/mol. The summed E-state index contributed by atoms with van der Waals surface area (Å²) >= 11 is 6.50. The minimum absolute atomic E-state index is 0.194. The summed E-state index contributed by atoms with van der Waals surface area (Å²) in [4.78, 5) is 10.7. The Bertz CT molecular complexity index is 636. The highest BCUT2D eigenvalue weighted by Crippen LogP contribution is 2.57. The quantitative estimate of drug-likeness (QED) is 0.873. The van der Waals surface area contributed by atoms with Crippen LogP contribution in [0.1, 0.15) is 55.4 Å². The van der Waals surface area contributed by atoms with Gasteiger partial charge in [0.15, 0.2) is 6.61 Å². The third-order valence-electron chi connectivity index (χ3n) is 5.69. The third kappa shape index (κ3) is 2.72. The summed E-state index contributed by atoms with van der Waals surface area (Å²) in [6.07, 6.45) is 4.95. The predicted molar refractivity (Wildman–Crippen MR) is 88.0 cm³/mol. The van der Waals surface area contributed by atoms with Gasteiger partial charge < -0.3 is 14.9 Å². The number of aliphatic hydroxyl groups is 1. The van der Waals surface area contributed by atoms with Crippen LogP contribution < -0.4 is 4.74 Å². The maximum absolute atomic E-state index is 11.0. The summed E-state index contributed by atoms with van der Waals surface area (Å²) in [5.74, 6) is -0.0134. The molecule has 0 saturated heterocycles. The molecular formula is C18H23ClO4. The van der Waals surface area contributed by atoms with Gasteiger partial charge in [-0.3, -0.25) is 0 Å². The van der Waals surface area contributed by atoms with E-state index in [1.54, 1.807) is 6.92 Å². The minimum atomic E-state index is -1.02. The van der Waals surface area contributed by atoms with Gasteiger partial charge in [-0.15, -0.1) is 0 Å². The van der Waals surface area contributed by atoms with Crippen molar-refractivity contribution in [3.05, 3.63) is 27.8 Å².